The molecule has 1 fully saturated rings. The molecule has 2 rings (SSSR count). The topological polar surface area (TPSA) is 12.0 Å². The molecule has 1 saturated carbocycles. The third-order valence-electron chi connectivity index (χ3n) is 3.54. The number of benzene rings is 1. The molecule has 88 valence electrons. The number of hydrogen-bond acceptors (Lipinski definition) is 1. The highest BCUT2D eigenvalue weighted by atomic mass is 14.9. The first-order chi connectivity index (χ1) is 7.70. The lowest BCUT2D eigenvalue weighted by Gasteiger charge is -2.18. The average Bonchev–Trinajstić information content (AvgIpc) is 3.10. The summed E-state index contributed by atoms with van der Waals surface area (Å²) in [5.74, 6) is 1.54. The van der Waals surface area contributed by atoms with E-state index in [-0.39, 0.29) is 0 Å². The van der Waals surface area contributed by atoms with Crippen molar-refractivity contribution in [2.45, 2.75) is 52.0 Å². The third kappa shape index (κ3) is 2.78. The van der Waals surface area contributed by atoms with E-state index in [4.69, 9.17) is 0 Å². The molecule has 0 spiro atoms. The minimum absolute atomic E-state index is 0.614. The first-order valence-electron chi connectivity index (χ1n) is 6.57. The quantitative estimate of drug-likeness (QED) is 0.770. The fourth-order valence-corrected chi connectivity index (χ4v) is 2.25. The van der Waals surface area contributed by atoms with Crippen molar-refractivity contribution in [1.29, 1.82) is 0 Å². The van der Waals surface area contributed by atoms with Crippen molar-refractivity contribution in [3.05, 3.63) is 29.8 Å². The Kier molecular flexibility index (Phi) is 3.52. The van der Waals surface area contributed by atoms with Gasteiger partial charge in [-0.3, -0.25) is 0 Å². The van der Waals surface area contributed by atoms with Crippen LogP contribution < -0.4 is 5.32 Å². The van der Waals surface area contributed by atoms with Gasteiger partial charge in [0.15, 0.2) is 0 Å². The lowest BCUT2D eigenvalue weighted by Crippen LogP contribution is -2.20. The van der Waals surface area contributed by atoms with Crippen LogP contribution in [0.3, 0.4) is 0 Å². The highest BCUT2D eigenvalue weighted by Gasteiger charge is 2.29. The normalized spacial score (nSPS) is 17.5. The summed E-state index contributed by atoms with van der Waals surface area (Å²) in [4.78, 5) is 0. The number of rotatable bonds is 5. The maximum atomic E-state index is 3.69. The molecule has 1 nitrogen and oxygen atoms in total. The van der Waals surface area contributed by atoms with E-state index in [1.165, 1.54) is 30.5 Å². The summed E-state index contributed by atoms with van der Waals surface area (Å²) >= 11 is 0. The molecule has 0 bridgehead atoms. The van der Waals surface area contributed by atoms with Gasteiger partial charge in [0.05, 0.1) is 0 Å². The second kappa shape index (κ2) is 4.90. The maximum Gasteiger partial charge on any atom is 0.0345 e. The standard InChI is InChI=1S/C15H23N/c1-4-15(12-8-9-12)16-14-7-5-6-13(10-14)11(2)3/h5-7,10-12,15-16H,4,8-9H2,1-3H3. The van der Waals surface area contributed by atoms with E-state index < -0.39 is 0 Å². The van der Waals surface area contributed by atoms with E-state index in [1.54, 1.807) is 0 Å². The van der Waals surface area contributed by atoms with Gasteiger partial charge in [0.1, 0.15) is 0 Å². The second-order valence-electron chi connectivity index (χ2n) is 5.28. The van der Waals surface area contributed by atoms with Gasteiger partial charge in [0.25, 0.3) is 0 Å². The van der Waals surface area contributed by atoms with Crippen molar-refractivity contribution in [2.24, 2.45) is 5.92 Å². The molecule has 0 amide bonds. The fraction of sp³-hybridized carbons (Fsp3) is 0.600. The molecular formula is C15H23N. The molecule has 1 aromatic rings. The summed E-state index contributed by atoms with van der Waals surface area (Å²) in [6, 6.07) is 9.56. The van der Waals surface area contributed by atoms with E-state index in [0.29, 0.717) is 12.0 Å². The van der Waals surface area contributed by atoms with Gasteiger partial charge in [-0.2, -0.15) is 0 Å². The van der Waals surface area contributed by atoms with Gasteiger partial charge in [-0.05, 0) is 48.8 Å². The van der Waals surface area contributed by atoms with Crippen molar-refractivity contribution < 1.29 is 0 Å². The molecule has 0 radical (unpaired) electrons. The summed E-state index contributed by atoms with van der Waals surface area (Å²) in [6.45, 7) is 6.77. The average molecular weight is 217 g/mol. The van der Waals surface area contributed by atoms with Crippen LogP contribution in [-0.2, 0) is 0 Å². The molecular weight excluding hydrogens is 194 g/mol. The lowest BCUT2D eigenvalue weighted by atomic mass is 10.0. The maximum absolute atomic E-state index is 3.69. The summed E-state index contributed by atoms with van der Waals surface area (Å²) in [7, 11) is 0. The van der Waals surface area contributed by atoms with Crippen LogP contribution in [0.15, 0.2) is 24.3 Å². The van der Waals surface area contributed by atoms with Gasteiger partial charge >= 0.3 is 0 Å². The van der Waals surface area contributed by atoms with Crippen LogP contribution in [0, 0.1) is 5.92 Å². The molecule has 0 saturated heterocycles. The van der Waals surface area contributed by atoms with E-state index in [9.17, 15) is 0 Å². The molecule has 1 aliphatic rings. The summed E-state index contributed by atoms with van der Waals surface area (Å²) < 4.78 is 0. The molecule has 1 unspecified atom stereocenters. The molecule has 1 heteroatoms. The summed E-state index contributed by atoms with van der Waals surface area (Å²) in [5, 5.41) is 3.69. The van der Waals surface area contributed by atoms with Gasteiger partial charge in [-0.15, -0.1) is 0 Å². The van der Waals surface area contributed by atoms with Crippen LogP contribution in [0.2, 0.25) is 0 Å². The Morgan fingerprint density at radius 2 is 2.06 bits per heavy atom. The fourth-order valence-electron chi connectivity index (χ4n) is 2.25. The van der Waals surface area contributed by atoms with Crippen LogP contribution in [-0.4, -0.2) is 6.04 Å². The smallest absolute Gasteiger partial charge is 0.0345 e. The zero-order valence-corrected chi connectivity index (χ0v) is 10.7. The molecule has 1 N–H and O–H groups in total. The Bertz CT molecular complexity index is 339. The highest BCUT2D eigenvalue weighted by Crippen LogP contribution is 2.35. The van der Waals surface area contributed by atoms with Crippen molar-refractivity contribution in [3.63, 3.8) is 0 Å². The summed E-state index contributed by atoms with van der Waals surface area (Å²) in [6.07, 6.45) is 4.06. The first kappa shape index (κ1) is 11.5. The Morgan fingerprint density at radius 1 is 1.31 bits per heavy atom. The Hall–Kier alpha value is -0.980. The van der Waals surface area contributed by atoms with Gasteiger partial charge in [0.2, 0.25) is 0 Å². The molecule has 0 aromatic heterocycles. The molecule has 0 heterocycles. The van der Waals surface area contributed by atoms with Crippen LogP contribution in [0.25, 0.3) is 0 Å². The van der Waals surface area contributed by atoms with Gasteiger partial charge in [0, 0.05) is 11.7 Å². The molecule has 0 aliphatic heterocycles. The van der Waals surface area contributed by atoms with Crippen LogP contribution >= 0.6 is 0 Å². The zero-order chi connectivity index (χ0) is 11.5. The predicted octanol–water partition coefficient (Wildman–Crippen LogP) is 4.41. The lowest BCUT2D eigenvalue weighted by molar-refractivity contribution is 0.616. The summed E-state index contributed by atoms with van der Waals surface area (Å²) in [5.41, 5.74) is 2.72. The number of anilines is 1. The molecule has 1 aromatic carbocycles. The Morgan fingerprint density at radius 3 is 2.62 bits per heavy atom. The van der Waals surface area contributed by atoms with Crippen LogP contribution in [0.4, 0.5) is 5.69 Å². The minimum Gasteiger partial charge on any atom is -0.382 e. The molecule has 16 heavy (non-hydrogen) atoms. The van der Waals surface area contributed by atoms with Crippen molar-refractivity contribution in [1.82, 2.24) is 0 Å². The number of hydrogen-bond donors (Lipinski definition) is 1. The van der Waals surface area contributed by atoms with E-state index in [0.717, 1.165) is 5.92 Å². The highest BCUT2D eigenvalue weighted by molar-refractivity contribution is 5.47. The van der Waals surface area contributed by atoms with E-state index in [1.807, 2.05) is 0 Å². The number of nitrogens with one attached hydrogen (secondary N) is 1. The van der Waals surface area contributed by atoms with E-state index >= 15 is 0 Å². The van der Waals surface area contributed by atoms with Crippen LogP contribution in [0.5, 0.6) is 0 Å². The van der Waals surface area contributed by atoms with E-state index in [2.05, 4.69) is 50.4 Å². The van der Waals surface area contributed by atoms with Crippen LogP contribution in [0.1, 0.15) is 51.5 Å². The minimum atomic E-state index is 0.614. The largest absolute Gasteiger partial charge is 0.382 e. The Labute approximate surface area is 99.3 Å². The second-order valence-corrected chi connectivity index (χ2v) is 5.28. The SMILES string of the molecule is CCC(Nc1cccc(C(C)C)c1)C1CC1. The van der Waals surface area contributed by atoms with Crippen molar-refractivity contribution >= 4 is 5.69 Å². The third-order valence-corrected chi connectivity index (χ3v) is 3.54. The molecule has 1 aliphatic carbocycles. The zero-order valence-electron chi connectivity index (χ0n) is 10.7. The monoisotopic (exact) mass is 217 g/mol. The Balaban J connectivity index is 2.05. The van der Waals surface area contributed by atoms with Crippen molar-refractivity contribution in [3.8, 4) is 0 Å². The first-order valence-corrected chi connectivity index (χ1v) is 6.57. The molecule has 1 atom stereocenters. The van der Waals surface area contributed by atoms with Gasteiger partial charge < -0.3 is 5.32 Å². The van der Waals surface area contributed by atoms with Crippen molar-refractivity contribution in [2.75, 3.05) is 5.32 Å². The predicted molar refractivity (Wildman–Crippen MR) is 71.0 cm³/mol. The van der Waals surface area contributed by atoms with Gasteiger partial charge in [-0.25, -0.2) is 0 Å². The van der Waals surface area contributed by atoms with Gasteiger partial charge in [-0.1, -0.05) is 32.9 Å².